The van der Waals surface area contributed by atoms with E-state index in [1.54, 1.807) is 24.5 Å². The van der Waals surface area contributed by atoms with Crippen molar-refractivity contribution in [2.24, 2.45) is 0 Å². The molecule has 0 fully saturated rings. The van der Waals surface area contributed by atoms with E-state index < -0.39 is 23.1 Å². The molecule has 4 aromatic rings. The van der Waals surface area contributed by atoms with Crippen LogP contribution >= 0.6 is 0 Å². The van der Waals surface area contributed by atoms with Crippen LogP contribution in [0.1, 0.15) is 62.6 Å². The van der Waals surface area contributed by atoms with E-state index >= 15 is 0 Å². The molecular formula is C29H24F2N6O2. The Morgan fingerprint density at radius 2 is 2.00 bits per heavy atom. The van der Waals surface area contributed by atoms with Gasteiger partial charge in [-0.05, 0) is 49.1 Å². The summed E-state index contributed by atoms with van der Waals surface area (Å²) in [6, 6.07) is 9.19. The molecule has 3 atom stereocenters. The minimum absolute atomic E-state index is 0.111. The van der Waals surface area contributed by atoms with Gasteiger partial charge in [0.05, 0.1) is 17.0 Å². The van der Waals surface area contributed by atoms with E-state index in [1.165, 1.54) is 12.3 Å². The molecule has 1 spiro atoms. The molecule has 5 heterocycles. The van der Waals surface area contributed by atoms with Crippen LogP contribution in [0.15, 0.2) is 55.0 Å². The summed E-state index contributed by atoms with van der Waals surface area (Å²) in [5.41, 5.74) is 3.21. The van der Waals surface area contributed by atoms with Crippen LogP contribution in [-0.2, 0) is 29.6 Å². The van der Waals surface area contributed by atoms with Crippen LogP contribution < -0.4 is 10.6 Å². The summed E-state index contributed by atoms with van der Waals surface area (Å²) in [4.78, 5) is 39.8. The largest absolute Gasteiger partial charge is 0.342 e. The SMILES string of the molecule is Cc1cnc2n1C[C@H](c1cccc(F)c1F)C[C@@H]2NC(=O)c1cnc2c(c1)CC1(C2)C(=O)Nc2ncccc21. The third kappa shape index (κ3) is 3.58. The van der Waals surface area contributed by atoms with Crippen molar-refractivity contribution in [3.8, 4) is 0 Å². The predicted octanol–water partition coefficient (Wildman–Crippen LogP) is 3.91. The van der Waals surface area contributed by atoms with E-state index in [2.05, 4.69) is 25.6 Å². The third-order valence-electron chi connectivity index (χ3n) is 8.32. The zero-order valence-corrected chi connectivity index (χ0v) is 21.0. The second-order valence-corrected chi connectivity index (χ2v) is 10.6. The van der Waals surface area contributed by atoms with Gasteiger partial charge in [0.1, 0.15) is 11.6 Å². The molecule has 2 aliphatic heterocycles. The van der Waals surface area contributed by atoms with Crippen molar-refractivity contribution in [1.82, 2.24) is 24.8 Å². The fourth-order valence-electron chi connectivity index (χ4n) is 6.35. The van der Waals surface area contributed by atoms with E-state index in [4.69, 9.17) is 0 Å². The number of halogens is 2. The number of hydrogen-bond donors (Lipinski definition) is 2. The van der Waals surface area contributed by atoms with Crippen molar-refractivity contribution in [3.63, 3.8) is 0 Å². The normalized spacial score (nSPS) is 22.8. The van der Waals surface area contributed by atoms with Crippen LogP contribution in [0.25, 0.3) is 0 Å². The number of aromatic nitrogens is 4. The Labute approximate surface area is 222 Å². The minimum atomic E-state index is -0.891. The molecule has 7 rings (SSSR count). The molecule has 3 aromatic heterocycles. The summed E-state index contributed by atoms with van der Waals surface area (Å²) in [5, 5.41) is 5.92. The number of imidazole rings is 1. The number of nitrogens with one attached hydrogen (secondary N) is 2. The van der Waals surface area contributed by atoms with Crippen LogP contribution in [0.2, 0.25) is 0 Å². The van der Waals surface area contributed by atoms with Crippen molar-refractivity contribution < 1.29 is 18.4 Å². The molecule has 8 nitrogen and oxygen atoms in total. The maximum Gasteiger partial charge on any atom is 0.253 e. The molecular weight excluding hydrogens is 502 g/mol. The first kappa shape index (κ1) is 23.6. The Balaban J connectivity index is 1.16. The maximum absolute atomic E-state index is 14.7. The molecule has 1 aliphatic carbocycles. The summed E-state index contributed by atoms with van der Waals surface area (Å²) in [6.45, 7) is 2.33. The molecule has 2 N–H and O–H groups in total. The Hall–Kier alpha value is -4.47. The fourth-order valence-corrected chi connectivity index (χ4v) is 6.35. The van der Waals surface area contributed by atoms with Crippen molar-refractivity contribution in [3.05, 3.63) is 106 Å². The zero-order valence-electron chi connectivity index (χ0n) is 21.0. The highest BCUT2D eigenvalue weighted by Gasteiger charge is 2.51. The van der Waals surface area contributed by atoms with Crippen molar-refractivity contribution >= 4 is 17.6 Å². The van der Waals surface area contributed by atoms with Crippen molar-refractivity contribution in [2.75, 3.05) is 5.32 Å². The number of hydrogen-bond acceptors (Lipinski definition) is 5. The Bertz CT molecular complexity index is 1680. The lowest BCUT2D eigenvalue weighted by atomic mass is 9.80. The number of nitrogens with zero attached hydrogens (tertiary/aromatic N) is 4. The van der Waals surface area contributed by atoms with E-state index in [9.17, 15) is 18.4 Å². The second kappa shape index (κ2) is 8.52. The van der Waals surface area contributed by atoms with Gasteiger partial charge in [-0.1, -0.05) is 18.2 Å². The van der Waals surface area contributed by atoms with Gasteiger partial charge in [0, 0.05) is 54.4 Å². The minimum Gasteiger partial charge on any atom is -0.342 e. The van der Waals surface area contributed by atoms with Gasteiger partial charge in [-0.2, -0.15) is 0 Å². The lowest BCUT2D eigenvalue weighted by molar-refractivity contribution is -0.120. The highest BCUT2D eigenvalue weighted by atomic mass is 19.2. The Morgan fingerprint density at radius 1 is 1.13 bits per heavy atom. The van der Waals surface area contributed by atoms with Gasteiger partial charge in [0.25, 0.3) is 5.91 Å². The van der Waals surface area contributed by atoms with Gasteiger partial charge in [-0.3, -0.25) is 14.6 Å². The Morgan fingerprint density at radius 3 is 2.87 bits per heavy atom. The first-order valence-electron chi connectivity index (χ1n) is 12.9. The average Bonchev–Trinajstić information content (AvgIpc) is 3.59. The lowest BCUT2D eigenvalue weighted by Gasteiger charge is -2.32. The second-order valence-electron chi connectivity index (χ2n) is 10.6. The molecule has 10 heteroatoms. The molecule has 196 valence electrons. The molecule has 0 saturated carbocycles. The summed E-state index contributed by atoms with van der Waals surface area (Å²) in [5.74, 6) is -1.31. The number of benzene rings is 1. The van der Waals surface area contributed by atoms with Crippen LogP contribution in [0, 0.1) is 18.6 Å². The number of anilines is 1. The molecule has 39 heavy (non-hydrogen) atoms. The van der Waals surface area contributed by atoms with Crippen LogP contribution in [0.4, 0.5) is 14.6 Å². The number of pyridine rings is 2. The average molecular weight is 527 g/mol. The smallest absolute Gasteiger partial charge is 0.253 e. The fraction of sp³-hybridized carbons (Fsp3) is 0.276. The molecule has 1 unspecified atom stereocenters. The molecule has 3 aliphatic rings. The molecule has 2 amide bonds. The maximum atomic E-state index is 14.7. The van der Waals surface area contributed by atoms with E-state index in [-0.39, 0.29) is 23.3 Å². The molecule has 0 saturated heterocycles. The topological polar surface area (TPSA) is 102 Å². The highest BCUT2D eigenvalue weighted by Crippen LogP contribution is 2.46. The van der Waals surface area contributed by atoms with Gasteiger partial charge in [0.15, 0.2) is 11.6 Å². The van der Waals surface area contributed by atoms with Crippen LogP contribution in [-0.4, -0.2) is 31.3 Å². The Kier molecular flexibility index (Phi) is 5.16. The summed E-state index contributed by atoms with van der Waals surface area (Å²) >= 11 is 0. The van der Waals surface area contributed by atoms with Crippen LogP contribution in [0.5, 0.6) is 0 Å². The molecule has 1 aromatic carbocycles. The number of amides is 2. The molecule has 0 bridgehead atoms. The lowest BCUT2D eigenvalue weighted by Crippen LogP contribution is -2.36. The van der Waals surface area contributed by atoms with Crippen LogP contribution in [0.3, 0.4) is 0 Å². The van der Waals surface area contributed by atoms with Gasteiger partial charge in [-0.25, -0.2) is 18.7 Å². The number of carbonyl (C=O) groups is 2. The number of aryl methyl sites for hydroxylation is 1. The van der Waals surface area contributed by atoms with Crippen molar-refractivity contribution in [1.29, 1.82) is 0 Å². The standard InChI is InChI=1S/C29H24F2N6O2/c1-15-12-34-26-22(9-18(14-37(15)26)19-4-2-6-21(30)24(19)31)35-27(38)17-8-16-10-29(11-23(16)33-13-17)20-5-3-7-32-25(20)36-28(29)39/h2-8,12-13,18,22H,9-11,14H2,1H3,(H,35,38)(H,32,36,39)/t18-,22+,29?/m1/s1. The first-order chi connectivity index (χ1) is 18.8. The predicted molar refractivity (Wildman–Crippen MR) is 137 cm³/mol. The quantitative estimate of drug-likeness (QED) is 0.422. The number of fused-ring (bicyclic) bond motifs is 4. The summed E-state index contributed by atoms with van der Waals surface area (Å²) < 4.78 is 30.6. The van der Waals surface area contributed by atoms with Gasteiger partial charge in [0.2, 0.25) is 5.91 Å². The first-order valence-corrected chi connectivity index (χ1v) is 12.9. The highest BCUT2D eigenvalue weighted by molar-refractivity contribution is 6.06. The number of carbonyl (C=O) groups excluding carboxylic acids is 2. The van der Waals surface area contributed by atoms with Crippen molar-refractivity contribution in [2.45, 2.75) is 50.1 Å². The van der Waals surface area contributed by atoms with Gasteiger partial charge < -0.3 is 15.2 Å². The van der Waals surface area contributed by atoms with E-state index in [1.807, 2.05) is 23.6 Å². The van der Waals surface area contributed by atoms with E-state index in [0.717, 1.165) is 28.6 Å². The number of rotatable bonds is 3. The zero-order chi connectivity index (χ0) is 26.9. The summed E-state index contributed by atoms with van der Waals surface area (Å²) in [6.07, 6.45) is 6.12. The van der Waals surface area contributed by atoms with Gasteiger partial charge >= 0.3 is 0 Å². The van der Waals surface area contributed by atoms with E-state index in [0.29, 0.717) is 43.0 Å². The summed E-state index contributed by atoms with van der Waals surface area (Å²) in [7, 11) is 0. The third-order valence-corrected chi connectivity index (χ3v) is 8.32. The monoisotopic (exact) mass is 526 g/mol. The van der Waals surface area contributed by atoms with Gasteiger partial charge in [-0.15, -0.1) is 0 Å². The molecule has 0 radical (unpaired) electrons.